The third-order valence-corrected chi connectivity index (χ3v) is 3.63. The zero-order valence-electron chi connectivity index (χ0n) is 11.1. The average Bonchev–Trinajstić information content (AvgIpc) is 2.90. The summed E-state index contributed by atoms with van der Waals surface area (Å²) in [7, 11) is 1.72. The zero-order chi connectivity index (χ0) is 13.5. The fourth-order valence-corrected chi connectivity index (χ4v) is 2.00. The molecule has 0 fully saturated rings. The van der Waals surface area contributed by atoms with Crippen LogP contribution in [0.15, 0.2) is 17.5 Å². The minimum atomic E-state index is -0.132. The van der Waals surface area contributed by atoms with Crippen LogP contribution in [0.1, 0.15) is 23.0 Å². The van der Waals surface area contributed by atoms with Crippen LogP contribution < -0.4 is 11.1 Å². The molecule has 1 aromatic heterocycles. The van der Waals surface area contributed by atoms with E-state index in [0.717, 1.165) is 0 Å². The summed E-state index contributed by atoms with van der Waals surface area (Å²) < 4.78 is 0. The first-order valence-electron chi connectivity index (χ1n) is 5.83. The summed E-state index contributed by atoms with van der Waals surface area (Å²) in [5, 5.41) is 4.56. The summed E-state index contributed by atoms with van der Waals surface area (Å²) in [6, 6.07) is 3.59. The SMILES string of the molecule is CC(CN)N(C)C(=O)CCNC(=O)c1cccs1.Cl. The molecule has 2 amide bonds. The molecule has 0 radical (unpaired) electrons. The van der Waals surface area contributed by atoms with Crippen LogP contribution in [0.3, 0.4) is 0 Å². The van der Waals surface area contributed by atoms with E-state index < -0.39 is 0 Å². The lowest BCUT2D eigenvalue weighted by Gasteiger charge is -2.23. The first kappa shape index (κ1) is 17.9. The van der Waals surface area contributed by atoms with Gasteiger partial charge in [-0.1, -0.05) is 6.07 Å². The van der Waals surface area contributed by atoms with Gasteiger partial charge in [0.1, 0.15) is 0 Å². The number of rotatable bonds is 6. The highest BCUT2D eigenvalue weighted by molar-refractivity contribution is 7.12. The van der Waals surface area contributed by atoms with Gasteiger partial charge in [0.15, 0.2) is 0 Å². The molecule has 0 aromatic carbocycles. The van der Waals surface area contributed by atoms with Gasteiger partial charge in [-0.25, -0.2) is 0 Å². The number of carbonyl (C=O) groups is 2. The molecule has 0 bridgehead atoms. The van der Waals surface area contributed by atoms with Gasteiger partial charge in [0, 0.05) is 32.6 Å². The molecular formula is C12H20ClN3O2S. The van der Waals surface area contributed by atoms with Crippen molar-refractivity contribution in [2.75, 3.05) is 20.1 Å². The number of hydrogen-bond acceptors (Lipinski definition) is 4. The fraction of sp³-hybridized carbons (Fsp3) is 0.500. The zero-order valence-corrected chi connectivity index (χ0v) is 12.7. The second-order valence-corrected chi connectivity index (χ2v) is 5.02. The molecule has 0 spiro atoms. The molecule has 1 aromatic rings. The van der Waals surface area contributed by atoms with Crippen LogP contribution >= 0.6 is 23.7 Å². The van der Waals surface area contributed by atoms with Gasteiger partial charge in [0.25, 0.3) is 5.91 Å². The van der Waals surface area contributed by atoms with Crippen molar-refractivity contribution in [3.8, 4) is 0 Å². The fourth-order valence-electron chi connectivity index (χ4n) is 1.36. The van der Waals surface area contributed by atoms with Crippen molar-refractivity contribution in [3.63, 3.8) is 0 Å². The third-order valence-electron chi connectivity index (χ3n) is 2.77. The van der Waals surface area contributed by atoms with Gasteiger partial charge in [-0.2, -0.15) is 0 Å². The normalized spacial score (nSPS) is 11.3. The van der Waals surface area contributed by atoms with Crippen molar-refractivity contribution >= 4 is 35.6 Å². The molecule has 3 N–H and O–H groups in total. The molecule has 1 heterocycles. The van der Waals surface area contributed by atoms with E-state index in [2.05, 4.69) is 5.32 Å². The van der Waals surface area contributed by atoms with Crippen molar-refractivity contribution < 1.29 is 9.59 Å². The van der Waals surface area contributed by atoms with Crippen LogP contribution in [0.2, 0.25) is 0 Å². The summed E-state index contributed by atoms with van der Waals surface area (Å²) in [5.41, 5.74) is 5.49. The second-order valence-electron chi connectivity index (χ2n) is 4.07. The quantitative estimate of drug-likeness (QED) is 0.826. The Kier molecular flexibility index (Phi) is 8.38. The molecule has 7 heteroatoms. The van der Waals surface area contributed by atoms with Gasteiger partial charge in [-0.05, 0) is 18.4 Å². The van der Waals surface area contributed by atoms with Gasteiger partial charge in [-0.15, -0.1) is 23.7 Å². The second kappa shape index (κ2) is 8.90. The van der Waals surface area contributed by atoms with Crippen molar-refractivity contribution in [1.82, 2.24) is 10.2 Å². The first-order valence-corrected chi connectivity index (χ1v) is 6.71. The van der Waals surface area contributed by atoms with Crippen LogP contribution in [0.5, 0.6) is 0 Å². The number of halogens is 1. The highest BCUT2D eigenvalue weighted by atomic mass is 35.5. The summed E-state index contributed by atoms with van der Waals surface area (Å²) in [6.07, 6.45) is 0.290. The first-order chi connectivity index (χ1) is 8.56. The van der Waals surface area contributed by atoms with Crippen LogP contribution in [0, 0.1) is 0 Å². The molecule has 108 valence electrons. The molecule has 0 aliphatic heterocycles. The maximum absolute atomic E-state index is 11.7. The standard InChI is InChI=1S/C12H19N3O2S.ClH/c1-9(8-13)15(2)11(16)5-6-14-12(17)10-4-3-7-18-10;/h3-4,7,9H,5-6,8,13H2,1-2H3,(H,14,17);1H. The smallest absolute Gasteiger partial charge is 0.261 e. The minimum Gasteiger partial charge on any atom is -0.351 e. The molecule has 1 unspecified atom stereocenters. The van der Waals surface area contributed by atoms with E-state index in [1.807, 2.05) is 18.4 Å². The van der Waals surface area contributed by atoms with Crippen LogP contribution in [0.25, 0.3) is 0 Å². The number of nitrogens with two attached hydrogens (primary N) is 1. The Morgan fingerprint density at radius 1 is 1.53 bits per heavy atom. The van der Waals surface area contributed by atoms with E-state index in [1.54, 1.807) is 18.0 Å². The maximum Gasteiger partial charge on any atom is 0.261 e. The maximum atomic E-state index is 11.7. The lowest BCUT2D eigenvalue weighted by atomic mass is 10.2. The van der Waals surface area contributed by atoms with Gasteiger partial charge in [-0.3, -0.25) is 9.59 Å². The summed E-state index contributed by atoms with van der Waals surface area (Å²) in [5.74, 6) is -0.147. The summed E-state index contributed by atoms with van der Waals surface area (Å²) >= 11 is 1.38. The lowest BCUT2D eigenvalue weighted by Crippen LogP contribution is -2.41. The van der Waals surface area contributed by atoms with Gasteiger partial charge in [0.2, 0.25) is 5.91 Å². The topological polar surface area (TPSA) is 75.4 Å². The van der Waals surface area contributed by atoms with E-state index in [4.69, 9.17) is 5.73 Å². The van der Waals surface area contributed by atoms with Gasteiger partial charge >= 0.3 is 0 Å². The highest BCUT2D eigenvalue weighted by Crippen LogP contribution is 2.07. The Morgan fingerprint density at radius 3 is 2.74 bits per heavy atom. The number of thiophene rings is 1. The van der Waals surface area contributed by atoms with Gasteiger partial charge < -0.3 is 16.0 Å². The highest BCUT2D eigenvalue weighted by Gasteiger charge is 2.14. The molecule has 1 atom stereocenters. The Hall–Kier alpha value is -1.11. The Labute approximate surface area is 123 Å². The van der Waals surface area contributed by atoms with Gasteiger partial charge in [0.05, 0.1) is 4.88 Å². The molecule has 19 heavy (non-hydrogen) atoms. The van der Waals surface area contributed by atoms with E-state index in [1.165, 1.54) is 11.3 Å². The lowest BCUT2D eigenvalue weighted by molar-refractivity contribution is -0.131. The van der Waals surface area contributed by atoms with Crippen molar-refractivity contribution in [1.29, 1.82) is 0 Å². The number of amides is 2. The number of carbonyl (C=O) groups excluding carboxylic acids is 2. The van der Waals surface area contributed by atoms with Crippen molar-refractivity contribution in [3.05, 3.63) is 22.4 Å². The van der Waals surface area contributed by atoms with Crippen molar-refractivity contribution in [2.24, 2.45) is 5.73 Å². The monoisotopic (exact) mass is 305 g/mol. The third kappa shape index (κ3) is 5.59. The van der Waals surface area contributed by atoms with Crippen LogP contribution in [-0.2, 0) is 4.79 Å². The number of hydrogen-bond donors (Lipinski definition) is 2. The van der Waals surface area contributed by atoms with Crippen molar-refractivity contribution in [2.45, 2.75) is 19.4 Å². The van der Waals surface area contributed by atoms with E-state index in [-0.39, 0.29) is 36.7 Å². The van der Waals surface area contributed by atoms with E-state index >= 15 is 0 Å². The molecule has 5 nitrogen and oxygen atoms in total. The Bertz CT molecular complexity index is 398. The summed E-state index contributed by atoms with van der Waals surface area (Å²) in [4.78, 5) is 25.6. The Morgan fingerprint density at radius 2 is 2.21 bits per heavy atom. The Balaban J connectivity index is 0.00000324. The molecule has 0 aliphatic rings. The number of nitrogens with zero attached hydrogens (tertiary/aromatic N) is 1. The molecule has 1 rings (SSSR count). The number of likely N-dealkylation sites (N-methyl/N-ethyl adjacent to an activating group) is 1. The average molecular weight is 306 g/mol. The minimum absolute atomic E-state index is 0. The van der Waals surface area contributed by atoms with Crippen LogP contribution in [-0.4, -0.2) is 42.9 Å². The van der Waals surface area contributed by atoms with E-state index in [0.29, 0.717) is 18.0 Å². The largest absolute Gasteiger partial charge is 0.351 e. The predicted octanol–water partition coefficient (Wildman–Crippen LogP) is 1.10. The predicted molar refractivity (Wildman–Crippen MR) is 79.8 cm³/mol. The molecule has 0 aliphatic carbocycles. The summed E-state index contributed by atoms with van der Waals surface area (Å²) in [6.45, 7) is 2.67. The number of nitrogens with one attached hydrogen (secondary N) is 1. The molecule has 0 saturated heterocycles. The van der Waals surface area contributed by atoms with Crippen LogP contribution in [0.4, 0.5) is 0 Å². The van der Waals surface area contributed by atoms with E-state index in [9.17, 15) is 9.59 Å². The molecule has 0 saturated carbocycles. The molecular weight excluding hydrogens is 286 g/mol.